The number of fused-ring (bicyclic) bond motifs is 1. The lowest BCUT2D eigenvalue weighted by Gasteiger charge is -2.02. The van der Waals surface area contributed by atoms with Crippen molar-refractivity contribution in [3.63, 3.8) is 0 Å². The Bertz CT molecular complexity index is 758. The topological polar surface area (TPSA) is 60.7 Å². The molecular weight excluding hydrogens is 282 g/mol. The summed E-state index contributed by atoms with van der Waals surface area (Å²) < 4.78 is 0. The van der Waals surface area contributed by atoms with Crippen LogP contribution in [0.2, 0.25) is 5.02 Å². The highest BCUT2D eigenvalue weighted by atomic mass is 35.5. The van der Waals surface area contributed by atoms with Crippen molar-refractivity contribution in [1.82, 2.24) is 15.3 Å². The fourth-order valence-electron chi connectivity index (χ4n) is 2.04. The number of halogens is 1. The van der Waals surface area contributed by atoms with Gasteiger partial charge in [-0.05, 0) is 17.7 Å². The zero-order chi connectivity index (χ0) is 13.2. The number of rotatable bonds is 4. The van der Waals surface area contributed by atoms with Gasteiger partial charge in [0.2, 0.25) is 0 Å². The normalized spacial score (nSPS) is 11.2. The lowest BCUT2D eigenvalue weighted by Crippen LogP contribution is -2.13. The van der Waals surface area contributed by atoms with Crippen LogP contribution < -0.4 is 10.2 Å². The molecule has 19 heavy (non-hydrogen) atoms. The van der Waals surface area contributed by atoms with E-state index in [1.165, 1.54) is 16.9 Å². The lowest BCUT2D eigenvalue weighted by molar-refractivity contribution is 0.684. The molecule has 0 bridgehead atoms. The zero-order valence-electron chi connectivity index (χ0n) is 10.00. The van der Waals surface area contributed by atoms with Gasteiger partial charge in [0, 0.05) is 46.3 Å². The van der Waals surface area contributed by atoms with Crippen molar-refractivity contribution in [3.05, 3.63) is 55.7 Å². The minimum absolute atomic E-state index is 0.0152. The second-order valence-electron chi connectivity index (χ2n) is 4.28. The molecule has 0 atom stereocenters. The van der Waals surface area contributed by atoms with Gasteiger partial charge in [-0.1, -0.05) is 29.0 Å². The maximum Gasteiger partial charge on any atom is 0.304 e. The highest BCUT2D eigenvalue weighted by Crippen LogP contribution is 2.21. The summed E-state index contributed by atoms with van der Waals surface area (Å²) in [6.07, 6.45) is 1.98. The van der Waals surface area contributed by atoms with Gasteiger partial charge in [-0.25, -0.2) is 0 Å². The van der Waals surface area contributed by atoms with Crippen molar-refractivity contribution in [1.29, 1.82) is 0 Å². The smallest absolute Gasteiger partial charge is 0.304 e. The van der Waals surface area contributed by atoms with E-state index in [0.717, 1.165) is 28.2 Å². The summed E-state index contributed by atoms with van der Waals surface area (Å²) >= 11 is 7.13. The molecule has 0 aliphatic carbocycles. The van der Waals surface area contributed by atoms with Gasteiger partial charge in [-0.15, -0.1) is 0 Å². The summed E-state index contributed by atoms with van der Waals surface area (Å²) in [6.45, 7) is 1.39. The van der Waals surface area contributed by atoms with Crippen LogP contribution in [0, 0.1) is 0 Å². The van der Waals surface area contributed by atoms with Gasteiger partial charge in [-0.2, -0.15) is 0 Å². The largest absolute Gasteiger partial charge is 0.361 e. The van der Waals surface area contributed by atoms with E-state index in [1.54, 1.807) is 0 Å². The third kappa shape index (κ3) is 2.73. The second-order valence-corrected chi connectivity index (χ2v) is 5.56. The SMILES string of the molecule is O=c1[nH]c(CNCc2c[nH]c3cc(Cl)ccc23)cs1. The van der Waals surface area contributed by atoms with Crippen LogP contribution >= 0.6 is 22.9 Å². The molecule has 4 nitrogen and oxygen atoms in total. The maximum absolute atomic E-state index is 11.0. The molecule has 0 aliphatic rings. The molecule has 3 aromatic rings. The zero-order valence-corrected chi connectivity index (χ0v) is 11.6. The van der Waals surface area contributed by atoms with E-state index in [2.05, 4.69) is 15.3 Å². The monoisotopic (exact) mass is 293 g/mol. The summed E-state index contributed by atoms with van der Waals surface area (Å²) in [5.41, 5.74) is 3.13. The first-order valence-electron chi connectivity index (χ1n) is 5.85. The summed E-state index contributed by atoms with van der Waals surface area (Å²) in [4.78, 5) is 17.0. The Morgan fingerprint density at radius 2 is 2.21 bits per heavy atom. The van der Waals surface area contributed by atoms with Gasteiger partial charge in [-0.3, -0.25) is 4.79 Å². The molecule has 0 saturated carbocycles. The van der Waals surface area contributed by atoms with Crippen LogP contribution in [0.3, 0.4) is 0 Å². The first kappa shape index (κ1) is 12.5. The number of aromatic nitrogens is 2. The minimum Gasteiger partial charge on any atom is -0.361 e. The van der Waals surface area contributed by atoms with Crippen LogP contribution in [0.1, 0.15) is 11.3 Å². The molecule has 3 rings (SSSR count). The number of nitrogens with one attached hydrogen (secondary N) is 3. The molecule has 0 spiro atoms. The summed E-state index contributed by atoms with van der Waals surface area (Å²) in [6, 6.07) is 5.81. The van der Waals surface area contributed by atoms with E-state index in [4.69, 9.17) is 11.6 Å². The fourth-order valence-corrected chi connectivity index (χ4v) is 2.79. The number of aromatic amines is 2. The Labute approximate surface area is 118 Å². The number of hydrogen-bond acceptors (Lipinski definition) is 3. The van der Waals surface area contributed by atoms with E-state index in [0.29, 0.717) is 6.54 Å². The van der Waals surface area contributed by atoms with Crippen LogP contribution in [-0.2, 0) is 13.1 Å². The molecule has 0 fully saturated rings. The Morgan fingerprint density at radius 3 is 3.00 bits per heavy atom. The standard InChI is InChI=1S/C13H12ClN3OS/c14-9-1-2-11-8(5-16-12(11)3-9)4-15-6-10-7-19-13(18)17-10/h1-3,5,7,15-16H,4,6H2,(H,17,18). The average molecular weight is 294 g/mol. The van der Waals surface area contributed by atoms with E-state index in [1.807, 2.05) is 29.8 Å². The van der Waals surface area contributed by atoms with Gasteiger partial charge in [0.1, 0.15) is 0 Å². The quantitative estimate of drug-likeness (QED) is 0.693. The van der Waals surface area contributed by atoms with Gasteiger partial charge < -0.3 is 15.3 Å². The van der Waals surface area contributed by atoms with Crippen molar-refractivity contribution < 1.29 is 0 Å². The first-order valence-corrected chi connectivity index (χ1v) is 7.11. The van der Waals surface area contributed by atoms with E-state index >= 15 is 0 Å². The van der Waals surface area contributed by atoms with Crippen LogP contribution in [0.5, 0.6) is 0 Å². The Morgan fingerprint density at radius 1 is 1.32 bits per heavy atom. The van der Waals surface area contributed by atoms with Crippen LogP contribution in [-0.4, -0.2) is 9.97 Å². The predicted molar refractivity (Wildman–Crippen MR) is 78.8 cm³/mol. The van der Waals surface area contributed by atoms with Crippen molar-refractivity contribution >= 4 is 33.8 Å². The van der Waals surface area contributed by atoms with Crippen molar-refractivity contribution in [3.8, 4) is 0 Å². The van der Waals surface area contributed by atoms with E-state index in [9.17, 15) is 4.79 Å². The Kier molecular flexibility index (Phi) is 3.42. The summed E-state index contributed by atoms with van der Waals surface area (Å²) in [5, 5.41) is 7.03. The van der Waals surface area contributed by atoms with Crippen LogP contribution in [0.25, 0.3) is 10.9 Å². The number of benzene rings is 1. The molecule has 0 saturated heterocycles. The van der Waals surface area contributed by atoms with E-state index in [-0.39, 0.29) is 4.87 Å². The van der Waals surface area contributed by atoms with Crippen LogP contribution in [0.15, 0.2) is 34.6 Å². The third-order valence-corrected chi connectivity index (χ3v) is 3.88. The van der Waals surface area contributed by atoms with E-state index < -0.39 is 0 Å². The highest BCUT2D eigenvalue weighted by molar-refractivity contribution is 7.07. The summed E-state index contributed by atoms with van der Waals surface area (Å²) in [5.74, 6) is 0. The minimum atomic E-state index is -0.0152. The predicted octanol–water partition coefficient (Wildman–Crippen LogP) is 2.86. The van der Waals surface area contributed by atoms with Gasteiger partial charge in [0.15, 0.2) is 0 Å². The lowest BCUT2D eigenvalue weighted by atomic mass is 10.2. The molecule has 0 radical (unpaired) electrons. The van der Waals surface area contributed by atoms with Gasteiger partial charge in [0.05, 0.1) is 0 Å². The third-order valence-electron chi connectivity index (χ3n) is 2.93. The molecule has 6 heteroatoms. The highest BCUT2D eigenvalue weighted by Gasteiger charge is 2.04. The molecule has 0 amide bonds. The number of hydrogen-bond donors (Lipinski definition) is 3. The molecule has 1 aromatic carbocycles. The van der Waals surface area contributed by atoms with Gasteiger partial charge in [0.25, 0.3) is 0 Å². The number of H-pyrrole nitrogens is 2. The molecule has 2 heterocycles. The molecule has 0 aliphatic heterocycles. The van der Waals surface area contributed by atoms with Gasteiger partial charge >= 0.3 is 4.87 Å². The molecule has 98 valence electrons. The molecule has 2 aromatic heterocycles. The van der Waals surface area contributed by atoms with Crippen molar-refractivity contribution in [2.45, 2.75) is 13.1 Å². The second kappa shape index (κ2) is 5.21. The first-order chi connectivity index (χ1) is 9.22. The molecule has 3 N–H and O–H groups in total. The maximum atomic E-state index is 11.0. The van der Waals surface area contributed by atoms with Crippen molar-refractivity contribution in [2.24, 2.45) is 0 Å². The summed E-state index contributed by atoms with van der Waals surface area (Å²) in [7, 11) is 0. The average Bonchev–Trinajstić information content (AvgIpc) is 2.96. The molecule has 0 unspecified atom stereocenters. The molecular formula is C13H12ClN3OS. The fraction of sp³-hybridized carbons (Fsp3) is 0.154. The Hall–Kier alpha value is -1.56. The Balaban J connectivity index is 1.70. The van der Waals surface area contributed by atoms with Crippen molar-refractivity contribution in [2.75, 3.05) is 0 Å². The van der Waals surface area contributed by atoms with Crippen LogP contribution in [0.4, 0.5) is 0 Å². The number of thiazole rings is 1.